The van der Waals surface area contributed by atoms with Crippen LogP contribution in [0.25, 0.3) is 0 Å². The largest absolute Gasteiger partial charge is 0.508 e. The van der Waals surface area contributed by atoms with E-state index < -0.39 is 0 Å². The van der Waals surface area contributed by atoms with Gasteiger partial charge in [-0.05, 0) is 69.2 Å². The summed E-state index contributed by atoms with van der Waals surface area (Å²) < 4.78 is 0. The molecule has 0 unspecified atom stereocenters. The molecule has 1 N–H and O–H groups in total. The maximum absolute atomic E-state index is 9.83. The van der Waals surface area contributed by atoms with Gasteiger partial charge in [-0.1, -0.05) is 17.2 Å². The summed E-state index contributed by atoms with van der Waals surface area (Å²) in [6.07, 6.45) is 3.94. The normalized spacial score (nSPS) is 10.4. The Morgan fingerprint density at radius 2 is 1.61 bits per heavy atom. The minimum absolute atomic E-state index is 0.394. The highest BCUT2D eigenvalue weighted by Crippen LogP contribution is 2.27. The van der Waals surface area contributed by atoms with E-state index in [-0.39, 0.29) is 0 Å². The van der Waals surface area contributed by atoms with Gasteiger partial charge in [-0.2, -0.15) is 0 Å². The van der Waals surface area contributed by atoms with Crippen molar-refractivity contribution < 1.29 is 5.11 Å². The van der Waals surface area contributed by atoms with Crippen molar-refractivity contribution in [2.24, 2.45) is 0 Å². The zero-order valence-electron chi connectivity index (χ0n) is 11.8. The topological polar surface area (TPSA) is 20.2 Å². The average Bonchev–Trinajstić information content (AvgIpc) is 2.29. The Hall–Kier alpha value is -1.50. The lowest BCUT2D eigenvalue weighted by Gasteiger charge is -2.14. The molecular formula is C17H24O. The fourth-order valence-corrected chi connectivity index (χ4v) is 2.07. The first-order valence-electron chi connectivity index (χ1n) is 6.51. The molecule has 0 saturated carbocycles. The number of allylic oxidation sites excluding steroid dienone is 2. The molecule has 0 fully saturated rings. The van der Waals surface area contributed by atoms with E-state index in [9.17, 15) is 5.11 Å². The number of hydrogen-bond donors (Lipinski definition) is 1. The molecule has 0 bridgehead atoms. The lowest BCUT2D eigenvalue weighted by molar-refractivity contribution is 0.469. The van der Waals surface area contributed by atoms with Gasteiger partial charge in [-0.15, -0.1) is 13.2 Å². The van der Waals surface area contributed by atoms with E-state index in [0.717, 1.165) is 31.2 Å². The van der Waals surface area contributed by atoms with Gasteiger partial charge in [0.15, 0.2) is 0 Å². The SMILES string of the molecule is C=C(C)CCc1ccc(O)c(C)c1CCC(=C)C. The molecule has 0 saturated heterocycles. The third-order valence-corrected chi connectivity index (χ3v) is 3.29. The molecule has 0 amide bonds. The molecule has 0 aliphatic rings. The van der Waals surface area contributed by atoms with Gasteiger partial charge in [0.25, 0.3) is 0 Å². The van der Waals surface area contributed by atoms with Crippen molar-refractivity contribution in [2.45, 2.75) is 46.5 Å². The Bertz CT molecular complexity index is 455. The summed E-state index contributed by atoms with van der Waals surface area (Å²) in [4.78, 5) is 0. The molecule has 0 heterocycles. The van der Waals surface area contributed by atoms with Crippen LogP contribution in [0.5, 0.6) is 5.75 Å². The van der Waals surface area contributed by atoms with Gasteiger partial charge in [0.1, 0.15) is 5.75 Å². The van der Waals surface area contributed by atoms with Crippen molar-refractivity contribution in [2.75, 3.05) is 0 Å². The summed E-state index contributed by atoms with van der Waals surface area (Å²) >= 11 is 0. The molecule has 1 nitrogen and oxygen atoms in total. The summed E-state index contributed by atoms with van der Waals surface area (Å²) in [6.45, 7) is 14.0. The van der Waals surface area contributed by atoms with E-state index in [0.29, 0.717) is 5.75 Å². The Morgan fingerprint density at radius 1 is 1.06 bits per heavy atom. The predicted octanol–water partition coefficient (Wildman–Crippen LogP) is 4.72. The highest BCUT2D eigenvalue weighted by molar-refractivity contribution is 5.44. The van der Waals surface area contributed by atoms with Crippen LogP contribution in [0.15, 0.2) is 36.4 Å². The molecule has 0 aromatic heterocycles. The van der Waals surface area contributed by atoms with E-state index in [1.807, 2.05) is 19.9 Å². The van der Waals surface area contributed by atoms with Gasteiger partial charge in [-0.25, -0.2) is 0 Å². The van der Waals surface area contributed by atoms with E-state index >= 15 is 0 Å². The molecule has 0 aliphatic carbocycles. The summed E-state index contributed by atoms with van der Waals surface area (Å²) in [5, 5.41) is 9.83. The zero-order valence-corrected chi connectivity index (χ0v) is 11.8. The molecule has 0 atom stereocenters. The van der Waals surface area contributed by atoms with Crippen LogP contribution in [0.4, 0.5) is 0 Å². The third kappa shape index (κ3) is 4.06. The first-order chi connectivity index (χ1) is 8.41. The molecule has 0 aliphatic heterocycles. The second-order valence-corrected chi connectivity index (χ2v) is 5.26. The number of phenolic OH excluding ortho intramolecular Hbond substituents is 1. The van der Waals surface area contributed by atoms with Gasteiger partial charge in [0.2, 0.25) is 0 Å². The lowest BCUT2D eigenvalue weighted by Crippen LogP contribution is -1.99. The highest BCUT2D eigenvalue weighted by atomic mass is 16.3. The Morgan fingerprint density at radius 3 is 2.17 bits per heavy atom. The number of hydrogen-bond acceptors (Lipinski definition) is 1. The van der Waals surface area contributed by atoms with Crippen LogP contribution in [-0.4, -0.2) is 5.11 Å². The molecule has 1 aromatic rings. The molecular weight excluding hydrogens is 220 g/mol. The number of benzene rings is 1. The molecule has 98 valence electrons. The first kappa shape index (κ1) is 14.6. The standard InChI is InChI=1S/C17H24O/c1-12(2)6-8-15-9-11-17(18)14(5)16(15)10-7-13(3)4/h9,11,18H,1,3,6-8,10H2,2,4-5H3. The first-order valence-corrected chi connectivity index (χ1v) is 6.51. The van der Waals surface area contributed by atoms with Gasteiger partial charge in [0.05, 0.1) is 0 Å². The van der Waals surface area contributed by atoms with Crippen LogP contribution >= 0.6 is 0 Å². The average molecular weight is 244 g/mol. The molecule has 1 rings (SSSR count). The number of phenols is 1. The van der Waals surface area contributed by atoms with Crippen molar-refractivity contribution in [3.8, 4) is 5.75 Å². The van der Waals surface area contributed by atoms with Crippen LogP contribution in [0.2, 0.25) is 0 Å². The molecule has 18 heavy (non-hydrogen) atoms. The second kappa shape index (κ2) is 6.44. The summed E-state index contributed by atoms with van der Waals surface area (Å²) in [6, 6.07) is 3.84. The van der Waals surface area contributed by atoms with Crippen LogP contribution in [-0.2, 0) is 12.8 Å². The van der Waals surface area contributed by atoms with E-state index in [4.69, 9.17) is 0 Å². The van der Waals surface area contributed by atoms with E-state index in [1.165, 1.54) is 22.3 Å². The Labute approximate surface area is 111 Å². The quantitative estimate of drug-likeness (QED) is 0.718. The fourth-order valence-electron chi connectivity index (χ4n) is 2.07. The monoisotopic (exact) mass is 244 g/mol. The zero-order chi connectivity index (χ0) is 13.7. The van der Waals surface area contributed by atoms with Crippen molar-refractivity contribution in [1.82, 2.24) is 0 Å². The van der Waals surface area contributed by atoms with Gasteiger partial charge >= 0.3 is 0 Å². The number of aryl methyl sites for hydroxylation is 1. The van der Waals surface area contributed by atoms with Gasteiger partial charge in [0, 0.05) is 0 Å². The fraction of sp³-hybridized carbons (Fsp3) is 0.412. The summed E-state index contributed by atoms with van der Waals surface area (Å²) in [5.41, 5.74) is 6.00. The van der Waals surface area contributed by atoms with Crippen molar-refractivity contribution >= 4 is 0 Å². The molecule has 0 spiro atoms. The molecule has 1 heteroatoms. The Kier molecular flexibility index (Phi) is 5.21. The maximum atomic E-state index is 9.83. The van der Waals surface area contributed by atoms with E-state index in [1.54, 1.807) is 6.07 Å². The Balaban J connectivity index is 2.96. The van der Waals surface area contributed by atoms with Gasteiger partial charge < -0.3 is 5.11 Å². The van der Waals surface area contributed by atoms with Crippen LogP contribution < -0.4 is 0 Å². The lowest BCUT2D eigenvalue weighted by atomic mass is 9.92. The van der Waals surface area contributed by atoms with Crippen molar-refractivity contribution in [3.63, 3.8) is 0 Å². The van der Waals surface area contributed by atoms with Crippen LogP contribution in [0.1, 0.15) is 43.4 Å². The van der Waals surface area contributed by atoms with Crippen LogP contribution in [0.3, 0.4) is 0 Å². The minimum atomic E-state index is 0.394. The third-order valence-electron chi connectivity index (χ3n) is 3.29. The van der Waals surface area contributed by atoms with Crippen LogP contribution in [0, 0.1) is 6.92 Å². The van der Waals surface area contributed by atoms with Crippen molar-refractivity contribution in [3.05, 3.63) is 53.1 Å². The smallest absolute Gasteiger partial charge is 0.118 e. The molecule has 1 aromatic carbocycles. The summed E-state index contributed by atoms with van der Waals surface area (Å²) in [5.74, 6) is 0.394. The summed E-state index contributed by atoms with van der Waals surface area (Å²) in [7, 11) is 0. The maximum Gasteiger partial charge on any atom is 0.118 e. The minimum Gasteiger partial charge on any atom is -0.508 e. The second-order valence-electron chi connectivity index (χ2n) is 5.26. The molecule has 0 radical (unpaired) electrons. The highest BCUT2D eigenvalue weighted by Gasteiger charge is 2.09. The number of aromatic hydroxyl groups is 1. The number of rotatable bonds is 6. The van der Waals surface area contributed by atoms with Gasteiger partial charge in [-0.3, -0.25) is 0 Å². The van der Waals surface area contributed by atoms with E-state index in [2.05, 4.69) is 20.1 Å². The predicted molar refractivity (Wildman–Crippen MR) is 79.1 cm³/mol. The van der Waals surface area contributed by atoms with Crippen molar-refractivity contribution in [1.29, 1.82) is 0 Å².